The number of benzene rings is 1. The zero-order valence-corrected chi connectivity index (χ0v) is 14.5. The summed E-state index contributed by atoms with van der Waals surface area (Å²) in [5.74, 6) is -0.102. The maximum absolute atomic E-state index is 12.0. The van der Waals surface area contributed by atoms with E-state index < -0.39 is 10.0 Å². The van der Waals surface area contributed by atoms with Gasteiger partial charge in [-0.2, -0.15) is 0 Å². The van der Waals surface area contributed by atoms with Crippen molar-refractivity contribution in [3.63, 3.8) is 0 Å². The van der Waals surface area contributed by atoms with Crippen LogP contribution in [0.5, 0.6) is 0 Å². The molecule has 0 aliphatic carbocycles. The summed E-state index contributed by atoms with van der Waals surface area (Å²) in [7, 11) is -1.87. The molecule has 8 heteroatoms. The minimum Gasteiger partial charge on any atom is -0.346 e. The first kappa shape index (κ1) is 20.9. The molecule has 0 saturated carbocycles. The quantitative estimate of drug-likeness (QED) is 0.729. The van der Waals surface area contributed by atoms with Gasteiger partial charge in [0.05, 0.1) is 4.90 Å². The van der Waals surface area contributed by atoms with E-state index in [2.05, 4.69) is 4.72 Å². The highest BCUT2D eigenvalue weighted by molar-refractivity contribution is 7.89. The summed E-state index contributed by atoms with van der Waals surface area (Å²) in [5, 5.41) is 0. The lowest BCUT2D eigenvalue weighted by Crippen LogP contribution is -2.33. The first-order valence-electron chi connectivity index (χ1n) is 6.87. The van der Waals surface area contributed by atoms with E-state index in [4.69, 9.17) is 5.73 Å². The van der Waals surface area contributed by atoms with E-state index in [0.717, 1.165) is 12.0 Å². The van der Waals surface area contributed by atoms with Crippen LogP contribution in [-0.4, -0.2) is 45.9 Å². The number of carbonyl (C=O) groups excluding carboxylic acids is 1. The van der Waals surface area contributed by atoms with Gasteiger partial charge in [0.2, 0.25) is 15.9 Å². The number of nitrogens with one attached hydrogen (secondary N) is 1. The Morgan fingerprint density at radius 3 is 2.41 bits per heavy atom. The van der Waals surface area contributed by atoms with E-state index in [-0.39, 0.29) is 36.2 Å². The van der Waals surface area contributed by atoms with Gasteiger partial charge in [-0.3, -0.25) is 4.79 Å². The number of rotatable bonds is 8. The topological polar surface area (TPSA) is 92.5 Å². The molecule has 1 amide bonds. The van der Waals surface area contributed by atoms with Gasteiger partial charge in [-0.25, -0.2) is 13.1 Å². The molecular formula is C14H24ClN3O3S. The van der Waals surface area contributed by atoms with Crippen LogP contribution in [0.3, 0.4) is 0 Å². The highest BCUT2D eigenvalue weighted by atomic mass is 35.5. The summed E-state index contributed by atoms with van der Waals surface area (Å²) in [6.45, 7) is 3.08. The van der Waals surface area contributed by atoms with Crippen LogP contribution in [0.4, 0.5) is 0 Å². The molecule has 22 heavy (non-hydrogen) atoms. The molecule has 1 aromatic rings. The summed E-state index contributed by atoms with van der Waals surface area (Å²) < 4.78 is 26.5. The molecule has 0 bridgehead atoms. The average molecular weight is 350 g/mol. The summed E-state index contributed by atoms with van der Waals surface area (Å²) >= 11 is 0. The van der Waals surface area contributed by atoms with Gasteiger partial charge in [-0.1, -0.05) is 17.7 Å². The predicted molar refractivity (Wildman–Crippen MR) is 89.5 cm³/mol. The molecule has 0 aliphatic rings. The molecule has 0 fully saturated rings. The van der Waals surface area contributed by atoms with Crippen molar-refractivity contribution in [3.8, 4) is 0 Å². The zero-order valence-electron chi connectivity index (χ0n) is 12.9. The molecule has 0 aromatic heterocycles. The number of hydrogen-bond acceptors (Lipinski definition) is 4. The highest BCUT2D eigenvalue weighted by Crippen LogP contribution is 2.09. The van der Waals surface area contributed by atoms with Crippen LogP contribution in [0.15, 0.2) is 29.2 Å². The Hall–Kier alpha value is -1.15. The molecule has 126 valence electrons. The van der Waals surface area contributed by atoms with Crippen LogP contribution in [-0.2, 0) is 14.8 Å². The molecule has 0 atom stereocenters. The number of hydrogen-bond donors (Lipinski definition) is 2. The van der Waals surface area contributed by atoms with Crippen LogP contribution in [0.1, 0.15) is 18.4 Å². The fraction of sp³-hybridized carbons (Fsp3) is 0.500. The van der Waals surface area contributed by atoms with Gasteiger partial charge in [0, 0.05) is 26.6 Å². The van der Waals surface area contributed by atoms with Gasteiger partial charge in [-0.05, 0) is 32.0 Å². The minimum atomic E-state index is -3.56. The third kappa shape index (κ3) is 6.74. The Kier molecular flexibility index (Phi) is 9.27. The number of carbonyl (C=O) groups is 1. The van der Waals surface area contributed by atoms with E-state index in [1.165, 1.54) is 0 Å². The highest BCUT2D eigenvalue weighted by Gasteiger charge is 2.14. The molecule has 0 saturated heterocycles. The van der Waals surface area contributed by atoms with Crippen molar-refractivity contribution < 1.29 is 13.2 Å². The van der Waals surface area contributed by atoms with Gasteiger partial charge < -0.3 is 10.6 Å². The molecule has 0 radical (unpaired) electrons. The van der Waals surface area contributed by atoms with Crippen LogP contribution >= 0.6 is 12.4 Å². The van der Waals surface area contributed by atoms with E-state index >= 15 is 0 Å². The van der Waals surface area contributed by atoms with Crippen molar-refractivity contribution >= 4 is 28.3 Å². The lowest BCUT2D eigenvalue weighted by Gasteiger charge is -2.16. The second-order valence-corrected chi connectivity index (χ2v) is 6.69. The number of halogens is 1. The fourth-order valence-electron chi connectivity index (χ4n) is 1.74. The Bertz CT molecular complexity index is 561. The fourth-order valence-corrected chi connectivity index (χ4v) is 2.77. The number of amides is 1. The van der Waals surface area contributed by atoms with Crippen LogP contribution < -0.4 is 10.5 Å². The third-order valence-electron chi connectivity index (χ3n) is 3.09. The number of nitrogens with zero attached hydrogens (tertiary/aromatic N) is 1. The average Bonchev–Trinajstić information content (AvgIpc) is 2.44. The molecule has 1 rings (SSSR count). The second-order valence-electron chi connectivity index (χ2n) is 4.92. The molecule has 3 N–H and O–H groups in total. The summed E-state index contributed by atoms with van der Waals surface area (Å²) in [6, 6.07) is 6.57. The van der Waals surface area contributed by atoms with E-state index in [0.29, 0.717) is 13.1 Å². The zero-order chi connectivity index (χ0) is 15.9. The SMILES string of the molecule is Cc1ccc(S(=O)(=O)NCCC(=O)N(C)CCCN)cc1.Cl. The number of aryl methyl sites for hydroxylation is 1. The minimum absolute atomic E-state index is 0. The van der Waals surface area contributed by atoms with E-state index in [9.17, 15) is 13.2 Å². The summed E-state index contributed by atoms with van der Waals surface area (Å²) in [5.41, 5.74) is 6.37. The summed E-state index contributed by atoms with van der Waals surface area (Å²) in [6.07, 6.45) is 0.865. The normalized spacial score (nSPS) is 10.9. The van der Waals surface area contributed by atoms with Gasteiger partial charge in [0.1, 0.15) is 0 Å². The lowest BCUT2D eigenvalue weighted by atomic mass is 10.2. The Labute approximate surface area is 138 Å². The smallest absolute Gasteiger partial charge is 0.240 e. The Balaban J connectivity index is 0.00000441. The standard InChI is InChI=1S/C14H23N3O3S.ClH/c1-12-4-6-13(7-5-12)21(19,20)16-10-8-14(18)17(2)11-3-9-15;/h4-7,16H,3,8-11,15H2,1-2H3;1H. The van der Waals surface area contributed by atoms with Gasteiger partial charge in [0.15, 0.2) is 0 Å². The maximum atomic E-state index is 12.0. The molecule has 0 heterocycles. The largest absolute Gasteiger partial charge is 0.346 e. The molecule has 6 nitrogen and oxygen atoms in total. The second kappa shape index (κ2) is 9.78. The van der Waals surface area contributed by atoms with Gasteiger partial charge in [-0.15, -0.1) is 12.4 Å². The van der Waals surface area contributed by atoms with Crippen LogP contribution in [0, 0.1) is 6.92 Å². The number of sulfonamides is 1. The molecule has 0 aliphatic heterocycles. The maximum Gasteiger partial charge on any atom is 0.240 e. The summed E-state index contributed by atoms with van der Waals surface area (Å²) in [4.78, 5) is 13.5. The molecule has 0 unspecified atom stereocenters. The third-order valence-corrected chi connectivity index (χ3v) is 4.56. The molecule has 0 spiro atoms. The van der Waals surface area contributed by atoms with Crippen molar-refractivity contribution in [2.75, 3.05) is 26.7 Å². The first-order valence-corrected chi connectivity index (χ1v) is 8.35. The Morgan fingerprint density at radius 1 is 1.27 bits per heavy atom. The van der Waals surface area contributed by atoms with Crippen molar-refractivity contribution in [2.45, 2.75) is 24.7 Å². The van der Waals surface area contributed by atoms with Crippen molar-refractivity contribution in [1.82, 2.24) is 9.62 Å². The molecule has 1 aromatic carbocycles. The predicted octanol–water partition coefficient (Wildman–Crippen LogP) is 0.892. The van der Waals surface area contributed by atoms with Crippen LogP contribution in [0.2, 0.25) is 0 Å². The first-order chi connectivity index (χ1) is 9.86. The molecular weight excluding hydrogens is 326 g/mol. The van der Waals surface area contributed by atoms with Crippen molar-refractivity contribution in [2.24, 2.45) is 5.73 Å². The van der Waals surface area contributed by atoms with Crippen molar-refractivity contribution in [1.29, 1.82) is 0 Å². The number of nitrogens with two attached hydrogens (primary N) is 1. The van der Waals surface area contributed by atoms with Crippen LogP contribution in [0.25, 0.3) is 0 Å². The Morgan fingerprint density at radius 2 is 1.86 bits per heavy atom. The lowest BCUT2D eigenvalue weighted by molar-refractivity contribution is -0.129. The van der Waals surface area contributed by atoms with Crippen molar-refractivity contribution in [3.05, 3.63) is 29.8 Å². The van der Waals surface area contributed by atoms with Gasteiger partial charge in [0.25, 0.3) is 0 Å². The van der Waals surface area contributed by atoms with Gasteiger partial charge >= 0.3 is 0 Å². The van der Waals surface area contributed by atoms with E-state index in [1.807, 2.05) is 6.92 Å². The van der Waals surface area contributed by atoms with E-state index in [1.54, 1.807) is 36.2 Å². The monoisotopic (exact) mass is 349 g/mol.